The van der Waals surface area contributed by atoms with Crippen molar-refractivity contribution in [3.05, 3.63) is 71.4 Å². The maximum absolute atomic E-state index is 12.3. The monoisotopic (exact) mass is 362 g/mol. The predicted octanol–water partition coefficient (Wildman–Crippen LogP) is 3.59. The number of nitrogens with two attached hydrogens (primary N) is 1. The van der Waals surface area contributed by atoms with E-state index in [1.807, 2.05) is 30.3 Å². The van der Waals surface area contributed by atoms with Gasteiger partial charge in [0.05, 0.1) is 11.3 Å². The number of rotatable bonds is 8. The molecule has 0 aromatic heterocycles. The molecule has 0 radical (unpaired) electrons. The second-order valence-electron chi connectivity index (χ2n) is 5.98. The number of nitriles is 1. The summed E-state index contributed by atoms with van der Waals surface area (Å²) in [5.41, 5.74) is 7.70. The highest BCUT2D eigenvalue weighted by molar-refractivity contribution is 6.07. The first-order valence-electron chi connectivity index (χ1n) is 8.71. The van der Waals surface area contributed by atoms with Crippen molar-refractivity contribution in [2.24, 2.45) is 5.73 Å². The van der Waals surface area contributed by atoms with Crippen LogP contribution in [0.15, 0.2) is 60.3 Å². The molecule has 0 saturated heterocycles. The standard InChI is InChI=1S/C21H22N4O2/c1-2-3-6-15-9-11-17(12-10-15)25-21(27)16(13-22)14-24-19-8-5-4-7-18(19)20(23)26/h4-5,7-12,14,24H,2-3,6H2,1H3,(H2,23,26)(H,25,27)/b16-14-. The van der Waals surface area contributed by atoms with E-state index in [-0.39, 0.29) is 11.1 Å². The number of primary amides is 1. The first kappa shape index (κ1) is 19.7. The van der Waals surface area contributed by atoms with Crippen molar-refractivity contribution >= 4 is 23.2 Å². The number of unbranched alkanes of at least 4 members (excludes halogenated alkanes) is 1. The highest BCUT2D eigenvalue weighted by Gasteiger charge is 2.11. The van der Waals surface area contributed by atoms with E-state index >= 15 is 0 Å². The van der Waals surface area contributed by atoms with Crippen LogP contribution in [0.5, 0.6) is 0 Å². The number of nitrogens with zero attached hydrogens (tertiary/aromatic N) is 1. The lowest BCUT2D eigenvalue weighted by molar-refractivity contribution is -0.112. The van der Waals surface area contributed by atoms with Crippen LogP contribution in [0.2, 0.25) is 0 Å². The van der Waals surface area contributed by atoms with E-state index in [4.69, 9.17) is 5.73 Å². The van der Waals surface area contributed by atoms with Crippen molar-refractivity contribution in [1.29, 1.82) is 5.26 Å². The Morgan fingerprint density at radius 3 is 2.48 bits per heavy atom. The molecule has 6 nitrogen and oxygen atoms in total. The number of aryl methyl sites for hydroxylation is 1. The number of hydrogen-bond donors (Lipinski definition) is 3. The van der Waals surface area contributed by atoms with Gasteiger partial charge in [0.25, 0.3) is 11.8 Å². The maximum atomic E-state index is 12.3. The largest absolute Gasteiger partial charge is 0.366 e. The summed E-state index contributed by atoms with van der Waals surface area (Å²) in [7, 11) is 0. The van der Waals surface area contributed by atoms with Crippen LogP contribution in [0.25, 0.3) is 0 Å². The summed E-state index contributed by atoms with van der Waals surface area (Å²) in [6.07, 6.45) is 4.50. The van der Waals surface area contributed by atoms with E-state index in [1.165, 1.54) is 11.8 Å². The summed E-state index contributed by atoms with van der Waals surface area (Å²) < 4.78 is 0. The molecule has 27 heavy (non-hydrogen) atoms. The summed E-state index contributed by atoms with van der Waals surface area (Å²) in [6.45, 7) is 2.14. The molecule has 0 aliphatic rings. The Kier molecular flexibility index (Phi) is 7.15. The van der Waals surface area contributed by atoms with Crippen molar-refractivity contribution in [2.75, 3.05) is 10.6 Å². The Balaban J connectivity index is 2.06. The van der Waals surface area contributed by atoms with Crippen molar-refractivity contribution in [2.45, 2.75) is 26.2 Å². The molecule has 2 amide bonds. The molecular formula is C21H22N4O2. The molecule has 0 spiro atoms. The lowest BCUT2D eigenvalue weighted by atomic mass is 10.1. The van der Waals surface area contributed by atoms with Crippen LogP contribution in [0, 0.1) is 11.3 Å². The Bertz CT molecular complexity index is 880. The van der Waals surface area contributed by atoms with Gasteiger partial charge in [-0.25, -0.2) is 0 Å². The fourth-order valence-corrected chi connectivity index (χ4v) is 2.46. The molecule has 2 aromatic rings. The molecule has 0 heterocycles. The van der Waals surface area contributed by atoms with Crippen LogP contribution in [0.1, 0.15) is 35.7 Å². The molecule has 138 valence electrons. The first-order chi connectivity index (χ1) is 13.0. The number of carbonyl (C=O) groups is 2. The smallest absolute Gasteiger partial charge is 0.267 e. The molecule has 0 aliphatic heterocycles. The van der Waals surface area contributed by atoms with Crippen molar-refractivity contribution in [3.8, 4) is 6.07 Å². The molecule has 4 N–H and O–H groups in total. The Morgan fingerprint density at radius 1 is 1.15 bits per heavy atom. The normalized spacial score (nSPS) is 10.7. The zero-order valence-corrected chi connectivity index (χ0v) is 15.2. The van der Waals surface area contributed by atoms with Gasteiger partial charge in [0.2, 0.25) is 0 Å². The van der Waals surface area contributed by atoms with Crippen LogP contribution in [0.3, 0.4) is 0 Å². The predicted molar refractivity (Wildman–Crippen MR) is 106 cm³/mol. The van der Waals surface area contributed by atoms with Crippen molar-refractivity contribution in [3.63, 3.8) is 0 Å². The van der Waals surface area contributed by atoms with Crippen molar-refractivity contribution in [1.82, 2.24) is 0 Å². The van der Waals surface area contributed by atoms with Crippen molar-refractivity contribution < 1.29 is 9.59 Å². The van der Waals surface area contributed by atoms with E-state index in [0.717, 1.165) is 19.3 Å². The summed E-state index contributed by atoms with van der Waals surface area (Å²) >= 11 is 0. The van der Waals surface area contributed by atoms with Crippen LogP contribution >= 0.6 is 0 Å². The quantitative estimate of drug-likeness (QED) is 0.492. The Morgan fingerprint density at radius 2 is 1.85 bits per heavy atom. The van der Waals surface area contributed by atoms with E-state index in [2.05, 4.69) is 17.6 Å². The molecule has 0 atom stereocenters. The molecule has 2 rings (SSSR count). The van der Waals surface area contributed by atoms with Crippen LogP contribution in [0.4, 0.5) is 11.4 Å². The fraction of sp³-hybridized carbons (Fsp3) is 0.190. The number of benzene rings is 2. The van der Waals surface area contributed by atoms with E-state index in [0.29, 0.717) is 11.4 Å². The van der Waals surface area contributed by atoms with E-state index in [9.17, 15) is 14.9 Å². The average Bonchev–Trinajstić information content (AvgIpc) is 2.68. The van der Waals surface area contributed by atoms with Crippen LogP contribution in [-0.4, -0.2) is 11.8 Å². The second-order valence-corrected chi connectivity index (χ2v) is 5.98. The average molecular weight is 362 g/mol. The first-order valence-corrected chi connectivity index (χ1v) is 8.71. The summed E-state index contributed by atoms with van der Waals surface area (Å²) in [4.78, 5) is 23.7. The van der Waals surface area contributed by atoms with Gasteiger partial charge in [-0.2, -0.15) is 5.26 Å². The van der Waals surface area contributed by atoms with E-state index < -0.39 is 11.8 Å². The number of nitrogens with one attached hydrogen (secondary N) is 2. The van der Waals surface area contributed by atoms with Gasteiger partial charge in [0, 0.05) is 11.9 Å². The van der Waals surface area contributed by atoms with Gasteiger partial charge < -0.3 is 16.4 Å². The Labute approximate surface area is 158 Å². The zero-order valence-electron chi connectivity index (χ0n) is 15.2. The van der Waals surface area contributed by atoms with Gasteiger partial charge in [-0.3, -0.25) is 9.59 Å². The number of hydrogen-bond acceptors (Lipinski definition) is 4. The molecule has 2 aromatic carbocycles. The number of anilines is 2. The fourth-order valence-electron chi connectivity index (χ4n) is 2.46. The zero-order chi connectivity index (χ0) is 19.6. The highest BCUT2D eigenvalue weighted by Crippen LogP contribution is 2.16. The number of amides is 2. The third-order valence-corrected chi connectivity index (χ3v) is 3.96. The minimum absolute atomic E-state index is 0.121. The minimum Gasteiger partial charge on any atom is -0.366 e. The summed E-state index contributed by atoms with van der Waals surface area (Å²) in [6, 6.07) is 16.0. The molecule has 6 heteroatoms. The van der Waals surface area contributed by atoms with E-state index in [1.54, 1.807) is 24.3 Å². The molecular weight excluding hydrogens is 340 g/mol. The lowest BCUT2D eigenvalue weighted by Crippen LogP contribution is -2.16. The summed E-state index contributed by atoms with van der Waals surface area (Å²) in [5.74, 6) is -1.14. The number of carbonyl (C=O) groups excluding carboxylic acids is 2. The topological polar surface area (TPSA) is 108 Å². The number of para-hydroxylation sites is 1. The van der Waals surface area contributed by atoms with Gasteiger partial charge in [0.15, 0.2) is 0 Å². The van der Waals surface area contributed by atoms with Gasteiger partial charge in [0.1, 0.15) is 11.6 Å². The third-order valence-electron chi connectivity index (χ3n) is 3.96. The SMILES string of the molecule is CCCCc1ccc(NC(=O)/C(C#N)=C\Nc2ccccc2C(N)=O)cc1. The van der Waals surface area contributed by atoms with Crippen LogP contribution in [-0.2, 0) is 11.2 Å². The van der Waals surface area contributed by atoms with Gasteiger partial charge >= 0.3 is 0 Å². The molecule has 0 bridgehead atoms. The lowest BCUT2D eigenvalue weighted by Gasteiger charge is -2.08. The summed E-state index contributed by atoms with van der Waals surface area (Å²) in [5, 5.41) is 14.7. The van der Waals surface area contributed by atoms with Gasteiger partial charge in [-0.05, 0) is 42.7 Å². The third kappa shape index (κ3) is 5.72. The molecule has 0 aliphatic carbocycles. The maximum Gasteiger partial charge on any atom is 0.267 e. The van der Waals surface area contributed by atoms with Gasteiger partial charge in [-0.15, -0.1) is 0 Å². The van der Waals surface area contributed by atoms with Gasteiger partial charge in [-0.1, -0.05) is 37.6 Å². The highest BCUT2D eigenvalue weighted by atomic mass is 16.2. The molecule has 0 unspecified atom stereocenters. The Hall–Kier alpha value is -3.59. The molecule has 0 saturated carbocycles. The molecule has 0 fully saturated rings. The minimum atomic E-state index is -0.599. The van der Waals surface area contributed by atoms with Crippen LogP contribution < -0.4 is 16.4 Å². The second kappa shape index (κ2) is 9.78.